The zero-order chi connectivity index (χ0) is 12.8. The van der Waals surface area contributed by atoms with Gasteiger partial charge in [0.05, 0.1) is 6.10 Å². The van der Waals surface area contributed by atoms with E-state index in [9.17, 15) is 8.78 Å². The van der Waals surface area contributed by atoms with Gasteiger partial charge in [-0.25, -0.2) is 8.78 Å². The number of hydrogen-bond acceptors (Lipinski definition) is 2. The van der Waals surface area contributed by atoms with Gasteiger partial charge in [0.15, 0.2) is 0 Å². The Balaban J connectivity index is 2.49. The Morgan fingerprint density at radius 1 is 1.29 bits per heavy atom. The largest absolute Gasteiger partial charge is 0.371 e. The summed E-state index contributed by atoms with van der Waals surface area (Å²) in [7, 11) is 0. The third-order valence-corrected chi connectivity index (χ3v) is 3.68. The molecule has 1 aliphatic rings. The maximum absolute atomic E-state index is 12.2. The van der Waals surface area contributed by atoms with Crippen molar-refractivity contribution >= 4 is 0 Å². The monoisotopic (exact) mass is 249 g/mol. The van der Waals surface area contributed by atoms with Gasteiger partial charge >= 0.3 is 0 Å². The molecule has 1 fully saturated rings. The van der Waals surface area contributed by atoms with Crippen LogP contribution < -0.4 is 5.32 Å². The molecule has 0 aromatic carbocycles. The highest BCUT2D eigenvalue weighted by Gasteiger charge is 2.32. The Hall–Kier alpha value is -0.220. The second kappa shape index (κ2) is 7.27. The van der Waals surface area contributed by atoms with Crippen LogP contribution in [0.2, 0.25) is 0 Å². The summed E-state index contributed by atoms with van der Waals surface area (Å²) in [5.41, 5.74) is 0. The number of nitrogens with one attached hydrogen (secondary N) is 1. The smallest absolute Gasteiger partial charge is 0.261 e. The zero-order valence-corrected chi connectivity index (χ0v) is 11.1. The van der Waals surface area contributed by atoms with Crippen molar-refractivity contribution in [2.24, 2.45) is 11.8 Å². The molecule has 0 aromatic rings. The highest BCUT2D eigenvalue weighted by atomic mass is 19.3. The summed E-state index contributed by atoms with van der Waals surface area (Å²) < 4.78 is 29.8. The third kappa shape index (κ3) is 4.88. The van der Waals surface area contributed by atoms with E-state index in [4.69, 9.17) is 4.74 Å². The zero-order valence-electron chi connectivity index (χ0n) is 11.1. The lowest BCUT2D eigenvalue weighted by molar-refractivity contribution is -0.0616. The normalized spacial score (nSPS) is 30.2. The van der Waals surface area contributed by atoms with Crippen LogP contribution in [0.5, 0.6) is 0 Å². The predicted molar refractivity (Wildman–Crippen MR) is 65.4 cm³/mol. The summed E-state index contributed by atoms with van der Waals surface area (Å²) in [4.78, 5) is 0. The van der Waals surface area contributed by atoms with Gasteiger partial charge in [-0.05, 0) is 37.6 Å². The molecule has 17 heavy (non-hydrogen) atoms. The van der Waals surface area contributed by atoms with Crippen molar-refractivity contribution in [2.75, 3.05) is 13.2 Å². The second-order valence-electron chi connectivity index (χ2n) is 5.24. The molecular weight excluding hydrogens is 224 g/mol. The number of likely N-dealkylation sites (N-methyl/N-ethyl adjacent to an activating group) is 1. The van der Waals surface area contributed by atoms with Crippen molar-refractivity contribution in [1.29, 1.82) is 0 Å². The maximum Gasteiger partial charge on any atom is 0.261 e. The van der Waals surface area contributed by atoms with Crippen molar-refractivity contribution < 1.29 is 13.5 Å². The molecule has 0 saturated heterocycles. The number of halogens is 2. The van der Waals surface area contributed by atoms with E-state index in [0.717, 1.165) is 19.4 Å². The van der Waals surface area contributed by atoms with Crippen LogP contribution in [-0.2, 0) is 4.74 Å². The molecule has 0 radical (unpaired) electrons. The van der Waals surface area contributed by atoms with E-state index < -0.39 is 13.0 Å². The summed E-state index contributed by atoms with van der Waals surface area (Å²) in [5, 5.41) is 3.35. The van der Waals surface area contributed by atoms with Crippen LogP contribution >= 0.6 is 0 Å². The van der Waals surface area contributed by atoms with Crippen LogP contribution in [-0.4, -0.2) is 31.7 Å². The van der Waals surface area contributed by atoms with Crippen molar-refractivity contribution in [3.63, 3.8) is 0 Å². The molecule has 0 bridgehead atoms. The van der Waals surface area contributed by atoms with E-state index in [1.807, 2.05) is 6.92 Å². The third-order valence-electron chi connectivity index (χ3n) is 3.68. The Bertz CT molecular complexity index is 212. The standard InChI is InChI=1S/C13H25F2NO/c1-4-16-11-6-5-10(9(2)3)7-12(11)17-8-13(14)15/h9-13,16H,4-8H2,1-3H3. The van der Waals surface area contributed by atoms with Crippen molar-refractivity contribution in [1.82, 2.24) is 5.32 Å². The molecule has 102 valence electrons. The molecule has 0 heterocycles. The molecular formula is C13H25F2NO. The summed E-state index contributed by atoms with van der Waals surface area (Å²) in [6, 6.07) is 0.244. The van der Waals surface area contributed by atoms with Gasteiger partial charge in [0.1, 0.15) is 6.61 Å². The maximum atomic E-state index is 12.2. The molecule has 0 spiro atoms. The number of hydrogen-bond donors (Lipinski definition) is 1. The molecule has 4 heteroatoms. The Morgan fingerprint density at radius 2 is 2.00 bits per heavy atom. The van der Waals surface area contributed by atoms with Gasteiger partial charge in [0.2, 0.25) is 0 Å². The topological polar surface area (TPSA) is 21.3 Å². The van der Waals surface area contributed by atoms with E-state index in [-0.39, 0.29) is 12.1 Å². The summed E-state index contributed by atoms with van der Waals surface area (Å²) >= 11 is 0. The number of ether oxygens (including phenoxy) is 1. The van der Waals surface area contributed by atoms with E-state index in [1.165, 1.54) is 6.42 Å². The molecule has 2 nitrogen and oxygen atoms in total. The Labute approximate surface area is 103 Å². The fourth-order valence-electron chi connectivity index (χ4n) is 2.64. The first-order chi connectivity index (χ1) is 8.04. The lowest BCUT2D eigenvalue weighted by Gasteiger charge is -2.38. The van der Waals surface area contributed by atoms with Gasteiger partial charge in [-0.2, -0.15) is 0 Å². The van der Waals surface area contributed by atoms with Gasteiger partial charge in [0, 0.05) is 6.04 Å². The van der Waals surface area contributed by atoms with Gasteiger partial charge in [0.25, 0.3) is 6.43 Å². The van der Waals surface area contributed by atoms with Gasteiger partial charge in [-0.1, -0.05) is 20.8 Å². The molecule has 1 aliphatic carbocycles. The molecule has 1 N–H and O–H groups in total. The lowest BCUT2D eigenvalue weighted by atomic mass is 9.78. The molecule has 3 unspecified atom stereocenters. The highest BCUT2D eigenvalue weighted by molar-refractivity contribution is 4.86. The minimum Gasteiger partial charge on any atom is -0.371 e. The first kappa shape index (κ1) is 14.8. The molecule has 1 saturated carbocycles. The van der Waals surface area contributed by atoms with E-state index in [0.29, 0.717) is 11.8 Å². The van der Waals surface area contributed by atoms with E-state index in [2.05, 4.69) is 19.2 Å². The van der Waals surface area contributed by atoms with Crippen molar-refractivity contribution in [3.8, 4) is 0 Å². The highest BCUT2D eigenvalue weighted by Crippen LogP contribution is 2.32. The van der Waals surface area contributed by atoms with Gasteiger partial charge in [-0.3, -0.25) is 0 Å². The van der Waals surface area contributed by atoms with Crippen LogP contribution in [0.4, 0.5) is 8.78 Å². The average Bonchev–Trinajstić information content (AvgIpc) is 2.27. The number of rotatable bonds is 6. The lowest BCUT2D eigenvalue weighted by Crippen LogP contribution is -2.46. The second-order valence-corrected chi connectivity index (χ2v) is 5.24. The molecule has 3 atom stereocenters. The molecule has 0 aliphatic heterocycles. The van der Waals surface area contributed by atoms with Crippen molar-refractivity contribution in [2.45, 2.75) is 58.6 Å². The Morgan fingerprint density at radius 3 is 2.53 bits per heavy atom. The quantitative estimate of drug-likeness (QED) is 0.781. The molecule has 0 amide bonds. The van der Waals surface area contributed by atoms with E-state index >= 15 is 0 Å². The van der Waals surface area contributed by atoms with Crippen molar-refractivity contribution in [3.05, 3.63) is 0 Å². The van der Waals surface area contributed by atoms with E-state index in [1.54, 1.807) is 0 Å². The van der Waals surface area contributed by atoms with Crippen LogP contribution in [0, 0.1) is 11.8 Å². The predicted octanol–water partition coefficient (Wildman–Crippen LogP) is 3.07. The Kier molecular flexibility index (Phi) is 6.34. The van der Waals surface area contributed by atoms with Crippen LogP contribution in [0.3, 0.4) is 0 Å². The van der Waals surface area contributed by atoms with Crippen LogP contribution in [0.25, 0.3) is 0 Å². The first-order valence-electron chi connectivity index (χ1n) is 6.67. The minimum atomic E-state index is -2.36. The summed E-state index contributed by atoms with van der Waals surface area (Å²) in [6.07, 6.45) is 0.693. The average molecular weight is 249 g/mol. The summed E-state index contributed by atoms with van der Waals surface area (Å²) in [6.45, 7) is 6.87. The summed E-state index contributed by atoms with van der Waals surface area (Å²) in [5.74, 6) is 1.21. The van der Waals surface area contributed by atoms with Gasteiger partial charge < -0.3 is 10.1 Å². The van der Waals surface area contributed by atoms with Gasteiger partial charge in [-0.15, -0.1) is 0 Å². The molecule has 0 aromatic heterocycles. The fourth-order valence-corrected chi connectivity index (χ4v) is 2.64. The fraction of sp³-hybridized carbons (Fsp3) is 1.00. The van der Waals surface area contributed by atoms with Crippen LogP contribution in [0.1, 0.15) is 40.0 Å². The van der Waals surface area contributed by atoms with Crippen LogP contribution in [0.15, 0.2) is 0 Å². The SMILES string of the molecule is CCNC1CCC(C(C)C)CC1OCC(F)F. The molecule has 1 rings (SSSR count). The first-order valence-corrected chi connectivity index (χ1v) is 6.67. The minimum absolute atomic E-state index is 0.0508. The number of alkyl halides is 2.